The average molecular weight is 364 g/mol. The summed E-state index contributed by atoms with van der Waals surface area (Å²) >= 11 is 0. The minimum absolute atomic E-state index is 0.101. The summed E-state index contributed by atoms with van der Waals surface area (Å²) in [7, 11) is 0. The number of carbonyl (C=O) groups is 3. The van der Waals surface area contributed by atoms with Crippen LogP contribution in [-0.2, 0) is 16.0 Å². The second-order valence-electron chi connectivity index (χ2n) is 5.74. The Morgan fingerprint density at radius 3 is 2.48 bits per heavy atom. The molecule has 0 aliphatic carbocycles. The highest BCUT2D eigenvalue weighted by Crippen LogP contribution is 2.19. The molecule has 3 aromatic rings. The van der Waals surface area contributed by atoms with Gasteiger partial charge in [0.15, 0.2) is 0 Å². The van der Waals surface area contributed by atoms with Crippen LogP contribution in [0, 0.1) is 0 Å². The Balaban J connectivity index is 1.84. The number of hydrogen-bond donors (Lipinski definition) is 2. The molecule has 8 nitrogen and oxygen atoms in total. The molecule has 3 rings (SSSR count). The lowest BCUT2D eigenvalue weighted by molar-refractivity contribution is -0.137. The summed E-state index contributed by atoms with van der Waals surface area (Å²) in [4.78, 5) is 40.3. The number of hydrogen-bond acceptors (Lipinski definition) is 6. The third-order valence-corrected chi connectivity index (χ3v) is 3.87. The van der Waals surface area contributed by atoms with Crippen molar-refractivity contribution in [3.05, 3.63) is 72.1 Å². The topological polar surface area (TPSA) is 128 Å². The maximum Gasteiger partial charge on any atom is 0.287 e. The van der Waals surface area contributed by atoms with Gasteiger partial charge in [0.1, 0.15) is 23.6 Å². The first-order valence-corrected chi connectivity index (χ1v) is 8.10. The number of nitrogens with two attached hydrogens (primary N) is 1. The molecule has 0 unspecified atom stereocenters. The van der Waals surface area contributed by atoms with Crippen molar-refractivity contribution >= 4 is 17.6 Å². The number of pyridine rings is 1. The molecule has 1 aromatic carbocycles. The molecule has 0 aliphatic heterocycles. The van der Waals surface area contributed by atoms with Crippen LogP contribution in [0.4, 0.5) is 0 Å². The largest absolute Gasteiger partial charge is 0.363 e. The molecule has 0 fully saturated rings. The third-order valence-electron chi connectivity index (χ3n) is 3.87. The molecule has 27 heavy (non-hydrogen) atoms. The number of nitrogens with one attached hydrogen (secondary N) is 1. The van der Waals surface area contributed by atoms with E-state index in [1.807, 2.05) is 6.07 Å². The molecule has 2 amide bonds. The molecule has 0 saturated heterocycles. The van der Waals surface area contributed by atoms with Crippen LogP contribution in [0.2, 0.25) is 0 Å². The van der Waals surface area contributed by atoms with E-state index in [9.17, 15) is 14.4 Å². The van der Waals surface area contributed by atoms with E-state index < -0.39 is 23.6 Å². The number of carbonyl (C=O) groups excluding carboxylic acids is 3. The second kappa shape index (κ2) is 8.05. The normalized spacial score (nSPS) is 11.6. The number of amides is 2. The van der Waals surface area contributed by atoms with E-state index in [0.29, 0.717) is 5.69 Å². The molecule has 8 heteroatoms. The monoisotopic (exact) mass is 364 g/mol. The van der Waals surface area contributed by atoms with Gasteiger partial charge in [-0.3, -0.25) is 19.4 Å². The van der Waals surface area contributed by atoms with Crippen LogP contribution in [0.25, 0.3) is 11.4 Å². The van der Waals surface area contributed by atoms with Crippen LogP contribution in [-0.4, -0.2) is 33.8 Å². The lowest BCUT2D eigenvalue weighted by atomic mass is 10.0. The highest BCUT2D eigenvalue weighted by molar-refractivity contribution is 6.38. The predicted molar refractivity (Wildman–Crippen MR) is 95.3 cm³/mol. The van der Waals surface area contributed by atoms with Crippen LogP contribution in [0.15, 0.2) is 65.5 Å². The van der Waals surface area contributed by atoms with Crippen molar-refractivity contribution in [1.29, 1.82) is 0 Å². The van der Waals surface area contributed by atoms with E-state index in [-0.39, 0.29) is 17.7 Å². The highest BCUT2D eigenvalue weighted by Gasteiger charge is 2.28. The van der Waals surface area contributed by atoms with E-state index >= 15 is 0 Å². The van der Waals surface area contributed by atoms with Gasteiger partial charge in [-0.1, -0.05) is 41.6 Å². The number of ketones is 1. The summed E-state index contributed by atoms with van der Waals surface area (Å²) in [6.45, 7) is 0. The molecule has 136 valence electrons. The minimum Gasteiger partial charge on any atom is -0.363 e. The van der Waals surface area contributed by atoms with Crippen LogP contribution >= 0.6 is 0 Å². The second-order valence-corrected chi connectivity index (χ2v) is 5.74. The molecule has 3 N–H and O–H groups in total. The zero-order valence-corrected chi connectivity index (χ0v) is 14.2. The molecule has 0 spiro atoms. The van der Waals surface area contributed by atoms with Crippen molar-refractivity contribution in [2.45, 2.75) is 12.5 Å². The van der Waals surface area contributed by atoms with Crippen molar-refractivity contribution in [3.8, 4) is 11.4 Å². The van der Waals surface area contributed by atoms with Crippen molar-refractivity contribution in [2.24, 2.45) is 5.73 Å². The van der Waals surface area contributed by atoms with Crippen LogP contribution < -0.4 is 11.1 Å². The standard InChI is InChI=1S/C19H16N4O4/c20-18(25)17(24)15(10-12-6-2-1-3-7-12)22-19(26)13-11-27-23-16(13)14-8-4-5-9-21-14/h1-9,11,15H,10H2,(H2,20,25)(H,22,26)/t15-/m0/s1. The summed E-state index contributed by atoms with van der Waals surface area (Å²) in [6.07, 6.45) is 2.84. The first-order valence-electron chi connectivity index (χ1n) is 8.10. The summed E-state index contributed by atoms with van der Waals surface area (Å²) in [5, 5.41) is 6.35. The molecule has 1 atom stereocenters. The number of nitrogens with zero attached hydrogens (tertiary/aromatic N) is 2. The van der Waals surface area contributed by atoms with Gasteiger partial charge in [0, 0.05) is 12.6 Å². The van der Waals surface area contributed by atoms with Gasteiger partial charge >= 0.3 is 0 Å². The van der Waals surface area contributed by atoms with E-state index in [1.54, 1.807) is 48.7 Å². The van der Waals surface area contributed by atoms with Crippen molar-refractivity contribution in [2.75, 3.05) is 0 Å². The number of aromatic nitrogens is 2. The molecule has 0 bridgehead atoms. The summed E-state index contributed by atoms with van der Waals surface area (Å²) in [5.41, 5.74) is 6.67. The lowest BCUT2D eigenvalue weighted by Crippen LogP contribution is -2.47. The first-order chi connectivity index (χ1) is 13.1. The van der Waals surface area contributed by atoms with Gasteiger partial charge in [-0.25, -0.2) is 0 Å². The number of rotatable bonds is 7. The Morgan fingerprint density at radius 1 is 1.07 bits per heavy atom. The van der Waals surface area contributed by atoms with Gasteiger partial charge in [0.25, 0.3) is 11.8 Å². The third kappa shape index (κ3) is 4.24. The molecular formula is C19H16N4O4. The zero-order valence-electron chi connectivity index (χ0n) is 14.2. The van der Waals surface area contributed by atoms with Gasteiger partial charge in [0.05, 0.1) is 5.69 Å². The number of benzene rings is 1. The van der Waals surface area contributed by atoms with E-state index in [0.717, 1.165) is 11.8 Å². The van der Waals surface area contributed by atoms with Crippen LogP contribution in [0.1, 0.15) is 15.9 Å². The molecule has 2 heterocycles. The smallest absolute Gasteiger partial charge is 0.287 e. The maximum absolute atomic E-state index is 12.7. The Hall–Kier alpha value is -3.81. The molecule has 0 aliphatic rings. The quantitative estimate of drug-likeness (QED) is 0.605. The van der Waals surface area contributed by atoms with Crippen molar-refractivity contribution in [1.82, 2.24) is 15.5 Å². The van der Waals surface area contributed by atoms with E-state index in [4.69, 9.17) is 10.3 Å². The molecule has 0 saturated carbocycles. The van der Waals surface area contributed by atoms with Gasteiger partial charge in [-0.2, -0.15) is 0 Å². The van der Waals surface area contributed by atoms with E-state index in [2.05, 4.69) is 15.5 Å². The molecule has 0 radical (unpaired) electrons. The van der Waals surface area contributed by atoms with Crippen LogP contribution in [0.5, 0.6) is 0 Å². The average Bonchev–Trinajstić information content (AvgIpc) is 3.18. The Morgan fingerprint density at radius 2 is 1.81 bits per heavy atom. The molecule has 2 aromatic heterocycles. The first kappa shape index (κ1) is 18.0. The Bertz CT molecular complexity index is 954. The predicted octanol–water partition coefficient (Wildman–Crippen LogP) is 1.13. The minimum atomic E-state index is -1.12. The summed E-state index contributed by atoms with van der Waals surface area (Å²) in [6, 6.07) is 13.0. The van der Waals surface area contributed by atoms with Gasteiger partial charge in [0.2, 0.25) is 5.78 Å². The Labute approximate surface area is 154 Å². The van der Waals surface area contributed by atoms with Crippen molar-refractivity contribution < 1.29 is 18.9 Å². The lowest BCUT2D eigenvalue weighted by Gasteiger charge is -2.16. The van der Waals surface area contributed by atoms with E-state index in [1.165, 1.54) is 0 Å². The highest BCUT2D eigenvalue weighted by atomic mass is 16.5. The fourth-order valence-corrected chi connectivity index (χ4v) is 2.55. The van der Waals surface area contributed by atoms with Gasteiger partial charge in [-0.15, -0.1) is 0 Å². The Kier molecular flexibility index (Phi) is 5.36. The summed E-state index contributed by atoms with van der Waals surface area (Å²) in [5.74, 6) is -2.62. The zero-order chi connectivity index (χ0) is 19.2. The number of primary amides is 1. The maximum atomic E-state index is 12.7. The molecular weight excluding hydrogens is 348 g/mol. The van der Waals surface area contributed by atoms with Crippen LogP contribution in [0.3, 0.4) is 0 Å². The summed E-state index contributed by atoms with van der Waals surface area (Å²) < 4.78 is 4.90. The van der Waals surface area contributed by atoms with Gasteiger partial charge in [-0.05, 0) is 17.7 Å². The number of Topliss-reactive ketones (excluding diaryl/α,β-unsaturated/α-hetero) is 1. The fraction of sp³-hybridized carbons (Fsp3) is 0.105. The van der Waals surface area contributed by atoms with Crippen molar-refractivity contribution in [3.63, 3.8) is 0 Å². The fourth-order valence-electron chi connectivity index (χ4n) is 2.55. The SMILES string of the molecule is NC(=O)C(=O)[C@H](Cc1ccccc1)NC(=O)c1conc1-c1ccccn1. The van der Waals surface area contributed by atoms with Gasteiger partial charge < -0.3 is 15.6 Å².